The van der Waals surface area contributed by atoms with Gasteiger partial charge in [-0.25, -0.2) is 4.98 Å². The van der Waals surface area contributed by atoms with Gasteiger partial charge in [0.25, 0.3) is 5.91 Å². The van der Waals surface area contributed by atoms with Crippen molar-refractivity contribution in [2.75, 3.05) is 0 Å². The average molecular weight is 264 g/mol. The molecule has 2 aliphatic rings. The van der Waals surface area contributed by atoms with Crippen LogP contribution in [0.1, 0.15) is 50.5 Å². The molecule has 0 aromatic carbocycles. The van der Waals surface area contributed by atoms with E-state index in [4.69, 9.17) is 0 Å². The molecule has 1 aromatic rings. The summed E-state index contributed by atoms with van der Waals surface area (Å²) in [4.78, 5) is 16.3. The summed E-state index contributed by atoms with van der Waals surface area (Å²) in [5.74, 6) is 0.742. The van der Waals surface area contributed by atoms with Crippen LogP contribution in [0.15, 0.2) is 10.9 Å². The maximum absolute atomic E-state index is 12.2. The first-order valence-electron chi connectivity index (χ1n) is 6.62. The van der Waals surface area contributed by atoms with Crippen molar-refractivity contribution in [3.8, 4) is 0 Å². The van der Waals surface area contributed by atoms with Crippen molar-refractivity contribution in [1.82, 2.24) is 10.3 Å². The van der Waals surface area contributed by atoms with Gasteiger partial charge in [-0.05, 0) is 36.0 Å². The third-order valence-electron chi connectivity index (χ3n) is 5.21. The molecule has 1 aromatic heterocycles. The molecule has 3 atom stereocenters. The van der Waals surface area contributed by atoms with E-state index in [1.807, 2.05) is 5.38 Å². The van der Waals surface area contributed by atoms with Crippen LogP contribution in [-0.2, 0) is 0 Å². The molecular weight excluding hydrogens is 244 g/mol. The lowest BCUT2D eigenvalue weighted by Gasteiger charge is -2.43. The molecule has 0 radical (unpaired) electrons. The lowest BCUT2D eigenvalue weighted by Crippen LogP contribution is -2.52. The van der Waals surface area contributed by atoms with E-state index in [1.165, 1.54) is 30.6 Å². The quantitative estimate of drug-likeness (QED) is 0.892. The minimum absolute atomic E-state index is 0.0110. The van der Waals surface area contributed by atoms with Gasteiger partial charge in [0.05, 0.1) is 5.51 Å². The Morgan fingerprint density at radius 2 is 2.28 bits per heavy atom. The number of nitrogens with one attached hydrogen (secondary N) is 1. The van der Waals surface area contributed by atoms with Crippen LogP contribution in [-0.4, -0.2) is 16.9 Å². The SMILES string of the molecule is CC12CCC(C1)C(C)(C)C2NC(=O)c1cscn1. The molecule has 0 saturated heterocycles. The van der Waals surface area contributed by atoms with Crippen molar-refractivity contribution >= 4 is 17.2 Å². The molecule has 2 saturated carbocycles. The number of carbonyl (C=O) groups excluding carboxylic acids is 1. The number of aromatic nitrogens is 1. The first-order chi connectivity index (χ1) is 8.43. The summed E-state index contributed by atoms with van der Waals surface area (Å²) in [5, 5.41) is 5.07. The van der Waals surface area contributed by atoms with Gasteiger partial charge in [-0.3, -0.25) is 4.79 Å². The van der Waals surface area contributed by atoms with E-state index < -0.39 is 0 Å². The van der Waals surface area contributed by atoms with Crippen LogP contribution >= 0.6 is 11.3 Å². The third kappa shape index (κ3) is 1.62. The Kier molecular flexibility index (Phi) is 2.56. The summed E-state index contributed by atoms with van der Waals surface area (Å²) in [6.45, 7) is 6.93. The topological polar surface area (TPSA) is 42.0 Å². The van der Waals surface area contributed by atoms with Crippen molar-refractivity contribution in [2.45, 2.75) is 46.1 Å². The molecule has 2 fully saturated rings. The summed E-state index contributed by atoms with van der Waals surface area (Å²) < 4.78 is 0. The fourth-order valence-electron chi connectivity index (χ4n) is 4.19. The van der Waals surface area contributed by atoms with Crippen molar-refractivity contribution in [3.05, 3.63) is 16.6 Å². The summed E-state index contributed by atoms with van der Waals surface area (Å²) in [6, 6.07) is 0.276. The zero-order chi connectivity index (χ0) is 13.0. The van der Waals surface area contributed by atoms with E-state index in [1.54, 1.807) is 5.51 Å². The monoisotopic (exact) mass is 264 g/mol. The lowest BCUT2D eigenvalue weighted by atomic mass is 9.68. The Morgan fingerprint density at radius 1 is 1.50 bits per heavy atom. The summed E-state index contributed by atoms with van der Waals surface area (Å²) in [5.41, 5.74) is 2.75. The Bertz CT molecular complexity index is 463. The number of fused-ring (bicyclic) bond motifs is 2. The minimum Gasteiger partial charge on any atom is -0.347 e. The third-order valence-corrected chi connectivity index (χ3v) is 5.80. The molecule has 98 valence electrons. The molecular formula is C14H20N2OS. The Hall–Kier alpha value is -0.900. The van der Waals surface area contributed by atoms with Gasteiger partial charge < -0.3 is 5.32 Å². The first-order valence-corrected chi connectivity index (χ1v) is 7.57. The molecule has 3 rings (SSSR count). The van der Waals surface area contributed by atoms with E-state index in [9.17, 15) is 4.79 Å². The molecule has 18 heavy (non-hydrogen) atoms. The summed E-state index contributed by atoms with van der Waals surface area (Å²) in [7, 11) is 0. The zero-order valence-electron chi connectivity index (χ0n) is 11.2. The number of hydrogen-bond donors (Lipinski definition) is 1. The molecule has 0 spiro atoms. The lowest BCUT2D eigenvalue weighted by molar-refractivity contribution is 0.0734. The van der Waals surface area contributed by atoms with Gasteiger partial charge in [0.15, 0.2) is 0 Å². The smallest absolute Gasteiger partial charge is 0.271 e. The van der Waals surface area contributed by atoms with Crippen LogP contribution in [0.5, 0.6) is 0 Å². The van der Waals surface area contributed by atoms with Crippen molar-refractivity contribution < 1.29 is 4.79 Å². The summed E-state index contributed by atoms with van der Waals surface area (Å²) >= 11 is 1.47. The van der Waals surface area contributed by atoms with Crippen LogP contribution in [0, 0.1) is 16.7 Å². The van der Waals surface area contributed by atoms with Crippen molar-refractivity contribution in [1.29, 1.82) is 0 Å². The second-order valence-corrected chi connectivity index (χ2v) is 7.41. The van der Waals surface area contributed by atoms with Gasteiger partial charge in [0, 0.05) is 11.4 Å². The standard InChI is InChI=1S/C14H20N2OS/c1-13(2)9-4-5-14(3,6-9)12(13)16-11(17)10-7-18-8-15-10/h7-9,12H,4-6H2,1-3H3,(H,16,17). The van der Waals surface area contributed by atoms with E-state index in [2.05, 4.69) is 31.1 Å². The molecule has 1 amide bonds. The number of carbonyl (C=O) groups is 1. The average Bonchev–Trinajstić information content (AvgIpc) is 2.96. The zero-order valence-corrected chi connectivity index (χ0v) is 12.0. The maximum atomic E-state index is 12.2. The Morgan fingerprint density at radius 3 is 2.83 bits per heavy atom. The second kappa shape index (κ2) is 3.80. The van der Waals surface area contributed by atoms with E-state index in [0.717, 1.165) is 5.92 Å². The number of thiazole rings is 1. The molecule has 2 bridgehead atoms. The molecule has 0 aliphatic heterocycles. The first kappa shape index (κ1) is 12.2. The van der Waals surface area contributed by atoms with Crippen molar-refractivity contribution in [2.24, 2.45) is 16.7 Å². The highest BCUT2D eigenvalue weighted by Gasteiger charge is 2.59. The molecule has 2 aliphatic carbocycles. The van der Waals surface area contributed by atoms with Gasteiger partial charge >= 0.3 is 0 Å². The molecule has 3 unspecified atom stereocenters. The van der Waals surface area contributed by atoms with Gasteiger partial charge in [0.1, 0.15) is 5.69 Å². The van der Waals surface area contributed by atoms with E-state index in [-0.39, 0.29) is 22.8 Å². The van der Waals surface area contributed by atoms with Gasteiger partial charge in [-0.1, -0.05) is 20.8 Å². The Balaban J connectivity index is 1.82. The maximum Gasteiger partial charge on any atom is 0.271 e. The highest BCUT2D eigenvalue weighted by molar-refractivity contribution is 7.07. The van der Waals surface area contributed by atoms with E-state index >= 15 is 0 Å². The predicted molar refractivity (Wildman–Crippen MR) is 72.6 cm³/mol. The fourth-order valence-corrected chi connectivity index (χ4v) is 4.72. The van der Waals surface area contributed by atoms with Crippen LogP contribution in [0.4, 0.5) is 0 Å². The predicted octanol–water partition coefficient (Wildman–Crippen LogP) is 3.09. The number of nitrogens with zero attached hydrogens (tertiary/aromatic N) is 1. The van der Waals surface area contributed by atoms with Crippen molar-refractivity contribution in [3.63, 3.8) is 0 Å². The normalized spacial score (nSPS) is 36.8. The number of hydrogen-bond acceptors (Lipinski definition) is 3. The van der Waals surface area contributed by atoms with Gasteiger partial charge in [-0.2, -0.15) is 0 Å². The highest BCUT2D eigenvalue weighted by atomic mass is 32.1. The second-order valence-electron chi connectivity index (χ2n) is 6.70. The molecule has 1 N–H and O–H groups in total. The highest BCUT2D eigenvalue weighted by Crippen LogP contribution is 2.62. The van der Waals surface area contributed by atoms with Crippen LogP contribution in [0.3, 0.4) is 0 Å². The summed E-state index contributed by atoms with van der Waals surface area (Å²) in [6.07, 6.45) is 3.80. The van der Waals surface area contributed by atoms with Gasteiger partial charge in [-0.15, -0.1) is 11.3 Å². The largest absolute Gasteiger partial charge is 0.347 e. The fraction of sp³-hybridized carbons (Fsp3) is 0.714. The molecule has 4 heteroatoms. The molecule has 1 heterocycles. The van der Waals surface area contributed by atoms with E-state index in [0.29, 0.717) is 5.69 Å². The van der Waals surface area contributed by atoms with Crippen LogP contribution in [0.2, 0.25) is 0 Å². The van der Waals surface area contributed by atoms with Crippen LogP contribution < -0.4 is 5.32 Å². The Labute approximate surface area is 112 Å². The minimum atomic E-state index is -0.0110. The number of amides is 1. The number of rotatable bonds is 2. The molecule has 3 nitrogen and oxygen atoms in total. The van der Waals surface area contributed by atoms with Gasteiger partial charge in [0.2, 0.25) is 0 Å². The van der Waals surface area contributed by atoms with Crippen LogP contribution in [0.25, 0.3) is 0 Å².